The number of amides is 1. The highest BCUT2D eigenvalue weighted by Crippen LogP contribution is 2.11. The van der Waals surface area contributed by atoms with E-state index in [2.05, 4.69) is 17.4 Å². The molecule has 8 nitrogen and oxygen atoms in total. The summed E-state index contributed by atoms with van der Waals surface area (Å²) in [6.45, 7) is 1.45. The Labute approximate surface area is 155 Å². The number of nitrogens with zero attached hydrogens (tertiary/aromatic N) is 1. The minimum absolute atomic E-state index is 0.261. The molecule has 0 aliphatic carbocycles. The number of nitrogens with one attached hydrogen (secondary N) is 1. The summed E-state index contributed by atoms with van der Waals surface area (Å²) >= 11 is 0. The lowest BCUT2D eigenvalue weighted by Crippen LogP contribution is -2.53. The second-order valence-electron chi connectivity index (χ2n) is 6.67. The first kappa shape index (κ1) is 24.8. The van der Waals surface area contributed by atoms with E-state index in [1.807, 2.05) is 0 Å². The van der Waals surface area contributed by atoms with Gasteiger partial charge in [0.05, 0.1) is 18.9 Å². The van der Waals surface area contributed by atoms with E-state index in [1.54, 1.807) is 0 Å². The van der Waals surface area contributed by atoms with Crippen molar-refractivity contribution in [1.29, 1.82) is 0 Å². The first-order chi connectivity index (χ1) is 12.5. The molecule has 0 aliphatic heterocycles. The molecule has 0 fully saturated rings. The first-order valence-electron chi connectivity index (χ1n) is 9.59. The topological polar surface area (TPSA) is 143 Å². The fourth-order valence-corrected chi connectivity index (χ4v) is 2.68. The summed E-state index contributed by atoms with van der Waals surface area (Å²) in [6.07, 6.45) is 6.45. The maximum Gasteiger partial charge on any atom is 0.220 e. The van der Waals surface area contributed by atoms with Crippen LogP contribution in [0.5, 0.6) is 0 Å². The monoisotopic (exact) mass is 376 g/mol. The van der Waals surface area contributed by atoms with Gasteiger partial charge in [-0.2, -0.15) is 0 Å². The molecule has 0 spiro atoms. The van der Waals surface area contributed by atoms with E-state index in [4.69, 9.17) is 10.3 Å². The Morgan fingerprint density at radius 2 is 1.50 bits per heavy atom. The van der Waals surface area contributed by atoms with Gasteiger partial charge in [-0.25, -0.2) is 0 Å². The normalized spacial score (nSPS) is 16.3. The Morgan fingerprint density at radius 3 is 2.00 bits per heavy atom. The van der Waals surface area contributed by atoms with Crippen molar-refractivity contribution in [2.24, 2.45) is 5.16 Å². The number of aliphatic hydroxyl groups excluding tert-OH is 4. The zero-order valence-corrected chi connectivity index (χ0v) is 15.8. The van der Waals surface area contributed by atoms with Crippen molar-refractivity contribution in [3.63, 3.8) is 0 Å². The van der Waals surface area contributed by atoms with Crippen molar-refractivity contribution >= 4 is 12.1 Å². The fraction of sp³-hybridized carbons (Fsp3) is 0.889. The van der Waals surface area contributed by atoms with Crippen LogP contribution in [0.15, 0.2) is 5.16 Å². The highest BCUT2D eigenvalue weighted by molar-refractivity contribution is 5.80. The molecule has 0 aromatic carbocycles. The highest BCUT2D eigenvalue weighted by Gasteiger charge is 2.31. The van der Waals surface area contributed by atoms with Gasteiger partial charge in [0.2, 0.25) is 5.91 Å². The van der Waals surface area contributed by atoms with E-state index in [-0.39, 0.29) is 12.3 Å². The Kier molecular flexibility index (Phi) is 15.2. The molecule has 26 heavy (non-hydrogen) atoms. The molecule has 154 valence electrons. The van der Waals surface area contributed by atoms with Gasteiger partial charge in [0.25, 0.3) is 0 Å². The summed E-state index contributed by atoms with van der Waals surface area (Å²) in [7, 11) is 0. The van der Waals surface area contributed by atoms with E-state index in [0.717, 1.165) is 25.5 Å². The van der Waals surface area contributed by atoms with Crippen molar-refractivity contribution in [2.45, 2.75) is 95.5 Å². The third-order valence-electron chi connectivity index (χ3n) is 4.36. The molecule has 0 aromatic heterocycles. The van der Waals surface area contributed by atoms with Crippen LogP contribution in [-0.2, 0) is 4.79 Å². The van der Waals surface area contributed by atoms with Gasteiger partial charge in [-0.3, -0.25) is 4.79 Å². The van der Waals surface area contributed by atoms with Crippen LogP contribution < -0.4 is 5.32 Å². The van der Waals surface area contributed by atoms with Crippen molar-refractivity contribution in [2.75, 3.05) is 6.61 Å². The van der Waals surface area contributed by atoms with E-state index >= 15 is 0 Å². The fourth-order valence-electron chi connectivity index (χ4n) is 2.68. The number of hydrogen-bond donors (Lipinski definition) is 6. The van der Waals surface area contributed by atoms with Crippen LogP contribution in [0.1, 0.15) is 71.1 Å². The molecule has 0 aromatic rings. The number of carbonyl (C=O) groups excluding carboxylic acids is 1. The lowest BCUT2D eigenvalue weighted by molar-refractivity contribution is -0.124. The quantitative estimate of drug-likeness (QED) is 0.102. The Balaban J connectivity index is 4.05. The number of rotatable bonds is 16. The molecule has 1 amide bonds. The predicted molar refractivity (Wildman–Crippen MR) is 99.2 cm³/mol. The van der Waals surface area contributed by atoms with E-state index in [0.29, 0.717) is 6.42 Å². The maximum absolute atomic E-state index is 11.9. The minimum Gasteiger partial charge on any atom is -0.411 e. The van der Waals surface area contributed by atoms with Gasteiger partial charge in [-0.1, -0.05) is 63.4 Å². The summed E-state index contributed by atoms with van der Waals surface area (Å²) in [6, 6.07) is -1.16. The molecule has 6 N–H and O–H groups in total. The summed E-state index contributed by atoms with van der Waals surface area (Å²) in [4.78, 5) is 11.9. The van der Waals surface area contributed by atoms with Gasteiger partial charge < -0.3 is 31.0 Å². The van der Waals surface area contributed by atoms with Gasteiger partial charge in [0, 0.05) is 6.42 Å². The molecule has 0 unspecified atom stereocenters. The van der Waals surface area contributed by atoms with Crippen LogP contribution in [0.3, 0.4) is 0 Å². The third-order valence-corrected chi connectivity index (χ3v) is 4.36. The second kappa shape index (κ2) is 16.0. The summed E-state index contributed by atoms with van der Waals surface area (Å²) in [5.41, 5.74) is 0. The molecule has 4 atom stereocenters. The van der Waals surface area contributed by atoms with Crippen LogP contribution in [0.4, 0.5) is 0 Å². The highest BCUT2D eigenvalue weighted by atomic mass is 16.4. The average molecular weight is 376 g/mol. The first-order valence-corrected chi connectivity index (χ1v) is 9.59. The van der Waals surface area contributed by atoms with Crippen LogP contribution in [0.25, 0.3) is 0 Å². The molecular formula is C18H36N2O6. The Morgan fingerprint density at radius 1 is 0.962 bits per heavy atom. The molecule has 0 saturated heterocycles. The van der Waals surface area contributed by atoms with Crippen LogP contribution in [0, 0.1) is 0 Å². The number of oxime groups is 1. The standard InChI is InChI=1S/C18H36N2O6/c1-2-3-4-5-6-7-8-9-10-11-16(23)20-14(12-19-26)17(24)18(25)15(22)13-21/h12,14-15,17-18,21-22,24-26H,2-11,13H2,1H3,(H,20,23)/b19-12+/t14-,15+,17+,18+/m0/s1. The molecule has 0 saturated carbocycles. The Hall–Kier alpha value is -1.22. The molecule has 0 bridgehead atoms. The summed E-state index contributed by atoms with van der Waals surface area (Å²) in [5, 5.41) is 51.7. The minimum atomic E-state index is -1.68. The van der Waals surface area contributed by atoms with Crippen molar-refractivity contribution in [3.05, 3.63) is 0 Å². The van der Waals surface area contributed by atoms with Gasteiger partial charge in [0.1, 0.15) is 18.3 Å². The largest absolute Gasteiger partial charge is 0.411 e. The molecule has 0 heterocycles. The molecule has 0 radical (unpaired) electrons. The number of hydrogen-bond acceptors (Lipinski definition) is 7. The van der Waals surface area contributed by atoms with Gasteiger partial charge >= 0.3 is 0 Å². The molecule has 0 aliphatic rings. The third kappa shape index (κ3) is 11.4. The Bertz CT molecular complexity index is 381. The maximum atomic E-state index is 11.9. The zero-order chi connectivity index (χ0) is 19.8. The van der Waals surface area contributed by atoms with Crippen molar-refractivity contribution < 1.29 is 30.4 Å². The smallest absolute Gasteiger partial charge is 0.220 e. The number of aliphatic hydroxyl groups is 4. The van der Waals surface area contributed by atoms with Crippen LogP contribution >= 0.6 is 0 Å². The number of carbonyl (C=O) groups is 1. The van der Waals surface area contributed by atoms with Crippen molar-refractivity contribution in [3.8, 4) is 0 Å². The zero-order valence-electron chi connectivity index (χ0n) is 15.8. The summed E-state index contributed by atoms with van der Waals surface area (Å²) in [5.74, 6) is -0.345. The predicted octanol–water partition coefficient (Wildman–Crippen LogP) is 0.927. The number of unbranched alkanes of at least 4 members (excludes halogenated alkanes) is 8. The van der Waals surface area contributed by atoms with Gasteiger partial charge in [-0.05, 0) is 6.42 Å². The second-order valence-corrected chi connectivity index (χ2v) is 6.67. The molecular weight excluding hydrogens is 340 g/mol. The average Bonchev–Trinajstić information content (AvgIpc) is 2.64. The van der Waals surface area contributed by atoms with Crippen molar-refractivity contribution in [1.82, 2.24) is 5.32 Å². The summed E-state index contributed by atoms with van der Waals surface area (Å²) < 4.78 is 0. The van der Waals surface area contributed by atoms with Gasteiger partial charge in [0.15, 0.2) is 0 Å². The lowest BCUT2D eigenvalue weighted by Gasteiger charge is -2.27. The van der Waals surface area contributed by atoms with Crippen LogP contribution in [-0.4, -0.2) is 68.7 Å². The molecule has 0 rings (SSSR count). The van der Waals surface area contributed by atoms with E-state index in [1.165, 1.54) is 32.1 Å². The molecule has 8 heteroatoms. The van der Waals surface area contributed by atoms with Crippen LogP contribution in [0.2, 0.25) is 0 Å². The van der Waals surface area contributed by atoms with E-state index < -0.39 is 31.0 Å². The lowest BCUT2D eigenvalue weighted by atomic mass is 10.0. The van der Waals surface area contributed by atoms with E-state index in [9.17, 15) is 20.1 Å². The SMILES string of the molecule is CCCCCCCCCCCC(=O)N[C@@H](/C=N/O)[C@@H](O)[C@H](O)[C@H](O)CO. The van der Waals surface area contributed by atoms with Gasteiger partial charge in [-0.15, -0.1) is 0 Å².